The van der Waals surface area contributed by atoms with Gasteiger partial charge in [-0.05, 0) is 32.3 Å². The Bertz CT molecular complexity index is 1070. The number of aryl methyl sites for hydroxylation is 1. The molecule has 0 radical (unpaired) electrons. The van der Waals surface area contributed by atoms with Gasteiger partial charge in [-0.2, -0.15) is 10.1 Å². The first-order chi connectivity index (χ1) is 15.6. The van der Waals surface area contributed by atoms with Crippen LogP contribution in [0.1, 0.15) is 32.4 Å². The van der Waals surface area contributed by atoms with Gasteiger partial charge in [-0.25, -0.2) is 15.0 Å². The molecule has 11 nitrogen and oxygen atoms in total. The fourth-order valence-electron chi connectivity index (χ4n) is 3.90. The molecule has 1 aliphatic heterocycles. The molecule has 1 saturated heterocycles. The van der Waals surface area contributed by atoms with Crippen LogP contribution in [0.5, 0.6) is 0 Å². The molecule has 0 spiro atoms. The van der Waals surface area contributed by atoms with Gasteiger partial charge in [-0.3, -0.25) is 9.48 Å². The molecular weight excluding hydrogens is 412 g/mol. The van der Waals surface area contributed by atoms with Gasteiger partial charge < -0.3 is 20.1 Å². The Morgan fingerprint density at radius 1 is 1.34 bits per heavy atom. The second kappa shape index (κ2) is 9.86. The van der Waals surface area contributed by atoms with E-state index in [0.29, 0.717) is 63.3 Å². The summed E-state index contributed by atoms with van der Waals surface area (Å²) in [6, 6.07) is 1.76. The van der Waals surface area contributed by atoms with Gasteiger partial charge in [0.2, 0.25) is 5.95 Å². The zero-order valence-corrected chi connectivity index (χ0v) is 18.4. The van der Waals surface area contributed by atoms with E-state index >= 15 is 0 Å². The molecule has 11 heteroatoms. The van der Waals surface area contributed by atoms with E-state index < -0.39 is 11.9 Å². The van der Waals surface area contributed by atoms with Crippen LogP contribution in [-0.4, -0.2) is 67.1 Å². The molecule has 170 valence electrons. The number of rotatable bonds is 9. The summed E-state index contributed by atoms with van der Waals surface area (Å²) >= 11 is 0. The molecule has 2 N–H and O–H groups in total. The van der Waals surface area contributed by atoms with Crippen molar-refractivity contribution in [2.75, 3.05) is 36.5 Å². The third-order valence-electron chi connectivity index (χ3n) is 5.51. The highest BCUT2D eigenvalue weighted by Crippen LogP contribution is 2.30. The molecule has 0 aliphatic carbocycles. The molecule has 0 amide bonds. The molecule has 1 fully saturated rings. The van der Waals surface area contributed by atoms with E-state index in [1.165, 1.54) is 6.33 Å². The molecular formula is C21H28N8O3. The summed E-state index contributed by atoms with van der Waals surface area (Å²) in [5.74, 6) is 0.460. The minimum Gasteiger partial charge on any atom is -0.481 e. The van der Waals surface area contributed by atoms with Gasteiger partial charge in [-0.15, -0.1) is 0 Å². The Labute approximate surface area is 185 Å². The van der Waals surface area contributed by atoms with E-state index in [0.717, 1.165) is 23.1 Å². The predicted octanol–water partition coefficient (Wildman–Crippen LogP) is 2.26. The van der Waals surface area contributed by atoms with E-state index in [1.54, 1.807) is 12.3 Å². The van der Waals surface area contributed by atoms with Crippen LogP contribution in [0.4, 0.5) is 17.6 Å². The Morgan fingerprint density at radius 3 is 2.94 bits per heavy atom. The summed E-state index contributed by atoms with van der Waals surface area (Å²) in [4.78, 5) is 31.4. The summed E-state index contributed by atoms with van der Waals surface area (Å²) in [5, 5.41) is 17.5. The van der Waals surface area contributed by atoms with Crippen molar-refractivity contribution in [2.45, 2.75) is 39.7 Å². The van der Waals surface area contributed by atoms with Gasteiger partial charge in [0.15, 0.2) is 5.82 Å². The van der Waals surface area contributed by atoms with Crippen molar-refractivity contribution in [3.05, 3.63) is 24.3 Å². The molecule has 0 bridgehead atoms. The normalized spacial score (nSPS) is 16.4. The lowest BCUT2D eigenvalue weighted by Crippen LogP contribution is -2.39. The van der Waals surface area contributed by atoms with Crippen molar-refractivity contribution in [2.24, 2.45) is 5.92 Å². The van der Waals surface area contributed by atoms with Crippen molar-refractivity contribution < 1.29 is 14.6 Å². The maximum atomic E-state index is 11.6. The van der Waals surface area contributed by atoms with Gasteiger partial charge in [0.1, 0.15) is 23.2 Å². The van der Waals surface area contributed by atoms with Crippen LogP contribution >= 0.6 is 0 Å². The number of hydrogen-bond donors (Lipinski definition) is 2. The van der Waals surface area contributed by atoms with Crippen molar-refractivity contribution in [1.82, 2.24) is 29.7 Å². The number of nitrogens with one attached hydrogen (secondary N) is 1. The number of carbonyl (C=O) groups is 1. The average Bonchev–Trinajstić information content (AvgIpc) is 3.18. The van der Waals surface area contributed by atoms with Crippen LogP contribution in [0.2, 0.25) is 0 Å². The standard InChI is InChI=1S/C21H28N8O3/c1-3-15-17-18(29(27-15)10-11-32-4-2)19(24-16-7-8-22-13-23-16)26-21(25-17)28-9-5-6-14(12-28)20(30)31/h7-8,13-14H,3-6,9-12H2,1-2H3,(H,30,31)(H,22,23,24,25,26)/t14-/m1/s1. The second-order valence-electron chi connectivity index (χ2n) is 7.63. The quantitative estimate of drug-likeness (QED) is 0.478. The summed E-state index contributed by atoms with van der Waals surface area (Å²) in [6.45, 7) is 6.81. The first-order valence-corrected chi connectivity index (χ1v) is 11.0. The van der Waals surface area contributed by atoms with E-state index in [1.807, 2.05) is 23.4 Å². The Balaban J connectivity index is 1.79. The van der Waals surface area contributed by atoms with Crippen molar-refractivity contribution >= 4 is 34.6 Å². The van der Waals surface area contributed by atoms with Crippen LogP contribution in [-0.2, 0) is 22.5 Å². The summed E-state index contributed by atoms with van der Waals surface area (Å²) in [7, 11) is 0. The lowest BCUT2D eigenvalue weighted by atomic mass is 9.99. The van der Waals surface area contributed by atoms with Gasteiger partial charge in [0, 0.05) is 25.9 Å². The number of fused-ring (bicyclic) bond motifs is 1. The zero-order chi connectivity index (χ0) is 22.5. The van der Waals surface area contributed by atoms with E-state index in [4.69, 9.17) is 19.8 Å². The number of carboxylic acid groups (broad SMARTS) is 1. The number of anilines is 3. The molecule has 4 rings (SSSR count). The number of aromatic nitrogens is 6. The average molecular weight is 441 g/mol. The highest BCUT2D eigenvalue weighted by atomic mass is 16.5. The predicted molar refractivity (Wildman–Crippen MR) is 119 cm³/mol. The molecule has 32 heavy (non-hydrogen) atoms. The molecule has 0 unspecified atom stereocenters. The molecule has 1 atom stereocenters. The Kier molecular flexibility index (Phi) is 6.74. The zero-order valence-electron chi connectivity index (χ0n) is 18.4. The molecule has 4 heterocycles. The minimum atomic E-state index is -0.784. The highest BCUT2D eigenvalue weighted by molar-refractivity contribution is 5.90. The fourth-order valence-corrected chi connectivity index (χ4v) is 3.90. The second-order valence-corrected chi connectivity index (χ2v) is 7.63. The van der Waals surface area contributed by atoms with E-state index in [2.05, 4.69) is 15.3 Å². The maximum Gasteiger partial charge on any atom is 0.308 e. The van der Waals surface area contributed by atoms with Crippen molar-refractivity contribution in [1.29, 1.82) is 0 Å². The molecule has 3 aromatic rings. The van der Waals surface area contributed by atoms with Gasteiger partial charge in [0.25, 0.3) is 0 Å². The minimum absolute atomic E-state index is 0.383. The third-order valence-corrected chi connectivity index (χ3v) is 5.51. The Morgan fingerprint density at radius 2 is 2.22 bits per heavy atom. The number of carboxylic acids is 1. The topological polar surface area (TPSA) is 131 Å². The maximum absolute atomic E-state index is 11.6. The summed E-state index contributed by atoms with van der Waals surface area (Å²) < 4.78 is 7.40. The van der Waals surface area contributed by atoms with E-state index in [-0.39, 0.29) is 0 Å². The smallest absolute Gasteiger partial charge is 0.308 e. The Hall–Kier alpha value is -3.34. The fraction of sp³-hybridized carbons (Fsp3) is 0.524. The SMILES string of the molecule is CCOCCn1nc(CC)c2nc(N3CCC[C@@H](C(=O)O)C3)nc(Nc3ccncn3)c21. The highest BCUT2D eigenvalue weighted by Gasteiger charge is 2.28. The molecule has 1 aliphatic rings. The van der Waals surface area contributed by atoms with Crippen LogP contribution in [0.3, 0.4) is 0 Å². The first-order valence-electron chi connectivity index (χ1n) is 11.0. The van der Waals surface area contributed by atoms with Crippen molar-refractivity contribution in [3.63, 3.8) is 0 Å². The molecule has 3 aromatic heterocycles. The number of hydrogen-bond acceptors (Lipinski definition) is 9. The number of nitrogens with zero attached hydrogens (tertiary/aromatic N) is 7. The van der Waals surface area contributed by atoms with E-state index in [9.17, 15) is 9.90 Å². The monoisotopic (exact) mass is 440 g/mol. The number of aliphatic carboxylic acids is 1. The third kappa shape index (κ3) is 4.62. The number of piperidine rings is 1. The van der Waals surface area contributed by atoms with Crippen molar-refractivity contribution in [3.8, 4) is 0 Å². The van der Waals surface area contributed by atoms with Crippen LogP contribution < -0.4 is 10.2 Å². The largest absolute Gasteiger partial charge is 0.481 e. The lowest BCUT2D eigenvalue weighted by Gasteiger charge is -2.31. The van der Waals surface area contributed by atoms with Gasteiger partial charge in [0.05, 0.1) is 24.8 Å². The summed E-state index contributed by atoms with van der Waals surface area (Å²) in [6.07, 6.45) is 5.27. The molecule has 0 aromatic carbocycles. The lowest BCUT2D eigenvalue weighted by molar-refractivity contribution is -0.141. The van der Waals surface area contributed by atoms with Gasteiger partial charge in [-0.1, -0.05) is 6.92 Å². The first kappa shape index (κ1) is 21.9. The summed E-state index contributed by atoms with van der Waals surface area (Å²) in [5.41, 5.74) is 2.39. The van der Waals surface area contributed by atoms with Gasteiger partial charge >= 0.3 is 5.97 Å². The van der Waals surface area contributed by atoms with Crippen LogP contribution in [0.25, 0.3) is 11.0 Å². The number of ether oxygens (including phenoxy) is 1. The van der Waals surface area contributed by atoms with Crippen LogP contribution in [0.15, 0.2) is 18.6 Å². The van der Waals surface area contributed by atoms with Crippen LogP contribution in [0, 0.1) is 5.92 Å². The molecule has 0 saturated carbocycles.